The Kier molecular flexibility index (Phi) is 4.04. The molecule has 1 N–H and O–H groups in total. The molecule has 1 fully saturated rings. The lowest BCUT2D eigenvalue weighted by molar-refractivity contribution is 0.0696. The van der Waals surface area contributed by atoms with E-state index in [0.717, 1.165) is 31.9 Å². The molecule has 1 aromatic rings. The van der Waals surface area contributed by atoms with Gasteiger partial charge in [0.05, 0.1) is 12.1 Å². The SMILES string of the molecule is CCN1CCN(Cc2cc(C(=O)O)co2)CC1C. The molecule has 18 heavy (non-hydrogen) atoms. The lowest BCUT2D eigenvalue weighted by Crippen LogP contribution is -2.51. The van der Waals surface area contributed by atoms with Crippen molar-refractivity contribution in [3.8, 4) is 0 Å². The number of hydrogen-bond donors (Lipinski definition) is 1. The molecule has 0 radical (unpaired) electrons. The molecule has 1 saturated heterocycles. The molecule has 1 aliphatic rings. The minimum Gasteiger partial charge on any atom is -0.478 e. The predicted octanol–water partition coefficient (Wildman–Crippen LogP) is 1.50. The van der Waals surface area contributed by atoms with Gasteiger partial charge in [-0.25, -0.2) is 4.79 Å². The van der Waals surface area contributed by atoms with Crippen LogP contribution in [0.25, 0.3) is 0 Å². The Balaban J connectivity index is 1.92. The number of nitrogens with zero attached hydrogens (tertiary/aromatic N) is 2. The molecule has 100 valence electrons. The van der Waals surface area contributed by atoms with Crippen LogP contribution in [-0.2, 0) is 6.54 Å². The molecular formula is C13H20N2O3. The van der Waals surface area contributed by atoms with Crippen molar-refractivity contribution in [2.45, 2.75) is 26.4 Å². The molecule has 1 atom stereocenters. The van der Waals surface area contributed by atoms with Crippen LogP contribution in [0.15, 0.2) is 16.7 Å². The largest absolute Gasteiger partial charge is 0.478 e. The molecule has 0 saturated carbocycles. The third-order valence-electron chi connectivity index (χ3n) is 3.54. The van der Waals surface area contributed by atoms with Crippen molar-refractivity contribution in [2.75, 3.05) is 26.2 Å². The Morgan fingerprint density at radius 1 is 1.56 bits per heavy atom. The molecule has 0 aliphatic carbocycles. The molecule has 0 spiro atoms. The fourth-order valence-electron chi connectivity index (χ4n) is 2.48. The van der Waals surface area contributed by atoms with Crippen LogP contribution in [0.1, 0.15) is 30.0 Å². The highest BCUT2D eigenvalue weighted by molar-refractivity contribution is 5.87. The zero-order chi connectivity index (χ0) is 13.1. The van der Waals surface area contributed by atoms with E-state index in [2.05, 4.69) is 23.6 Å². The molecule has 0 bridgehead atoms. The molecule has 1 aliphatic heterocycles. The quantitative estimate of drug-likeness (QED) is 0.880. The van der Waals surface area contributed by atoms with E-state index < -0.39 is 5.97 Å². The van der Waals surface area contributed by atoms with Crippen molar-refractivity contribution in [3.05, 3.63) is 23.7 Å². The van der Waals surface area contributed by atoms with E-state index >= 15 is 0 Å². The number of carboxylic acid groups (broad SMARTS) is 1. The van der Waals surface area contributed by atoms with Gasteiger partial charge < -0.3 is 9.52 Å². The van der Waals surface area contributed by atoms with Crippen molar-refractivity contribution in [3.63, 3.8) is 0 Å². The number of hydrogen-bond acceptors (Lipinski definition) is 4. The highest BCUT2D eigenvalue weighted by Crippen LogP contribution is 2.15. The summed E-state index contributed by atoms with van der Waals surface area (Å²) < 4.78 is 5.28. The Morgan fingerprint density at radius 2 is 2.33 bits per heavy atom. The monoisotopic (exact) mass is 252 g/mol. The van der Waals surface area contributed by atoms with Gasteiger partial charge in [-0.15, -0.1) is 0 Å². The van der Waals surface area contributed by atoms with Crippen molar-refractivity contribution in [2.24, 2.45) is 0 Å². The standard InChI is InChI=1S/C13H20N2O3/c1-3-15-5-4-14(7-10(15)2)8-12-6-11(9-18-12)13(16)17/h6,9-10H,3-5,7-8H2,1-2H3,(H,16,17). The van der Waals surface area contributed by atoms with E-state index in [4.69, 9.17) is 9.52 Å². The van der Waals surface area contributed by atoms with E-state index in [0.29, 0.717) is 12.6 Å². The minimum atomic E-state index is -0.936. The van der Waals surface area contributed by atoms with Crippen LogP contribution in [0.5, 0.6) is 0 Å². The van der Waals surface area contributed by atoms with Gasteiger partial charge in [-0.2, -0.15) is 0 Å². The number of furan rings is 1. The number of piperazine rings is 1. The van der Waals surface area contributed by atoms with Crippen molar-refractivity contribution < 1.29 is 14.3 Å². The van der Waals surface area contributed by atoms with Gasteiger partial charge in [0, 0.05) is 25.7 Å². The number of carbonyl (C=O) groups is 1. The summed E-state index contributed by atoms with van der Waals surface area (Å²) in [5.41, 5.74) is 0.227. The summed E-state index contributed by atoms with van der Waals surface area (Å²) in [5.74, 6) is -0.210. The third kappa shape index (κ3) is 2.91. The zero-order valence-corrected chi connectivity index (χ0v) is 10.9. The van der Waals surface area contributed by atoms with Crippen molar-refractivity contribution in [1.29, 1.82) is 0 Å². The highest BCUT2D eigenvalue weighted by Gasteiger charge is 2.23. The Bertz CT molecular complexity index is 416. The zero-order valence-electron chi connectivity index (χ0n) is 10.9. The molecule has 0 aromatic carbocycles. The number of likely N-dealkylation sites (N-methyl/N-ethyl adjacent to an activating group) is 1. The van der Waals surface area contributed by atoms with Gasteiger partial charge in [0.25, 0.3) is 0 Å². The Hall–Kier alpha value is -1.33. The van der Waals surface area contributed by atoms with Crippen LogP contribution in [0, 0.1) is 0 Å². The first kappa shape index (κ1) is 13.1. The topological polar surface area (TPSA) is 56.9 Å². The summed E-state index contributed by atoms with van der Waals surface area (Å²) in [6, 6.07) is 2.15. The summed E-state index contributed by atoms with van der Waals surface area (Å²) in [6.07, 6.45) is 1.31. The Morgan fingerprint density at radius 3 is 2.89 bits per heavy atom. The highest BCUT2D eigenvalue weighted by atomic mass is 16.4. The average Bonchev–Trinajstić information content (AvgIpc) is 2.78. The summed E-state index contributed by atoms with van der Waals surface area (Å²) in [7, 11) is 0. The first-order valence-corrected chi connectivity index (χ1v) is 6.37. The second kappa shape index (κ2) is 5.54. The van der Waals surface area contributed by atoms with Gasteiger partial charge in [-0.3, -0.25) is 9.80 Å². The molecule has 1 unspecified atom stereocenters. The van der Waals surface area contributed by atoms with E-state index in [1.807, 2.05) is 0 Å². The maximum absolute atomic E-state index is 10.8. The first-order chi connectivity index (χ1) is 8.60. The van der Waals surface area contributed by atoms with Crippen LogP contribution in [0.2, 0.25) is 0 Å². The summed E-state index contributed by atoms with van der Waals surface area (Å²) in [5, 5.41) is 8.83. The van der Waals surface area contributed by atoms with Crippen LogP contribution < -0.4 is 0 Å². The van der Waals surface area contributed by atoms with Gasteiger partial charge in [0.1, 0.15) is 12.0 Å². The summed E-state index contributed by atoms with van der Waals surface area (Å²) >= 11 is 0. The van der Waals surface area contributed by atoms with E-state index in [-0.39, 0.29) is 5.56 Å². The van der Waals surface area contributed by atoms with Crippen molar-refractivity contribution >= 4 is 5.97 Å². The number of rotatable bonds is 4. The molecule has 5 nitrogen and oxygen atoms in total. The third-order valence-corrected chi connectivity index (χ3v) is 3.54. The normalized spacial score (nSPS) is 22.2. The van der Waals surface area contributed by atoms with Crippen LogP contribution >= 0.6 is 0 Å². The number of carboxylic acids is 1. The first-order valence-electron chi connectivity index (χ1n) is 6.37. The summed E-state index contributed by atoms with van der Waals surface area (Å²) in [6.45, 7) is 9.23. The van der Waals surface area contributed by atoms with Gasteiger partial charge in [0.2, 0.25) is 0 Å². The predicted molar refractivity (Wildman–Crippen MR) is 67.7 cm³/mol. The van der Waals surface area contributed by atoms with E-state index in [9.17, 15) is 4.79 Å². The van der Waals surface area contributed by atoms with Gasteiger partial charge >= 0.3 is 5.97 Å². The maximum Gasteiger partial charge on any atom is 0.338 e. The van der Waals surface area contributed by atoms with Crippen LogP contribution in [0.3, 0.4) is 0 Å². The summed E-state index contributed by atoms with van der Waals surface area (Å²) in [4.78, 5) is 15.5. The number of aromatic carboxylic acids is 1. The van der Waals surface area contributed by atoms with Crippen LogP contribution in [-0.4, -0.2) is 53.1 Å². The fourth-order valence-corrected chi connectivity index (χ4v) is 2.48. The second-order valence-electron chi connectivity index (χ2n) is 4.82. The van der Waals surface area contributed by atoms with Gasteiger partial charge in [0.15, 0.2) is 0 Å². The van der Waals surface area contributed by atoms with Crippen LogP contribution in [0.4, 0.5) is 0 Å². The lowest BCUT2D eigenvalue weighted by atomic mass is 10.2. The minimum absolute atomic E-state index is 0.227. The fraction of sp³-hybridized carbons (Fsp3) is 0.615. The molecule has 1 aromatic heterocycles. The second-order valence-corrected chi connectivity index (χ2v) is 4.82. The molecule has 5 heteroatoms. The smallest absolute Gasteiger partial charge is 0.338 e. The van der Waals surface area contributed by atoms with Crippen molar-refractivity contribution in [1.82, 2.24) is 9.80 Å². The molecular weight excluding hydrogens is 232 g/mol. The van der Waals surface area contributed by atoms with Gasteiger partial charge in [-0.05, 0) is 19.5 Å². The maximum atomic E-state index is 10.8. The van der Waals surface area contributed by atoms with Gasteiger partial charge in [-0.1, -0.05) is 6.92 Å². The molecule has 2 rings (SSSR count). The lowest BCUT2D eigenvalue weighted by Gasteiger charge is -2.38. The Labute approximate surface area is 107 Å². The van der Waals surface area contributed by atoms with E-state index in [1.54, 1.807) is 6.07 Å². The average molecular weight is 252 g/mol. The molecule has 2 heterocycles. The van der Waals surface area contributed by atoms with E-state index in [1.165, 1.54) is 6.26 Å². The molecule has 0 amide bonds.